The van der Waals surface area contributed by atoms with Crippen molar-refractivity contribution in [1.29, 1.82) is 0 Å². The highest BCUT2D eigenvalue weighted by molar-refractivity contribution is 5.90. The second kappa shape index (κ2) is 5.36. The molecule has 0 radical (unpaired) electrons. The van der Waals surface area contributed by atoms with Gasteiger partial charge in [0.2, 0.25) is 0 Å². The summed E-state index contributed by atoms with van der Waals surface area (Å²) in [5.74, 6) is 0. The third-order valence-corrected chi connectivity index (χ3v) is 2.73. The number of imidazole rings is 1. The molecule has 3 N–H and O–H groups in total. The number of nitrogens with zero attached hydrogens (tertiary/aromatic N) is 1. The van der Waals surface area contributed by atoms with Crippen LogP contribution in [0.2, 0.25) is 0 Å². The number of aromatic amines is 1. The molecule has 0 fully saturated rings. The van der Waals surface area contributed by atoms with Crippen molar-refractivity contribution in [3.8, 4) is 11.3 Å². The third-order valence-electron chi connectivity index (χ3n) is 2.73. The van der Waals surface area contributed by atoms with Gasteiger partial charge in [-0.1, -0.05) is 12.1 Å². The summed E-state index contributed by atoms with van der Waals surface area (Å²) in [5, 5.41) is 5.66. The van der Waals surface area contributed by atoms with Crippen molar-refractivity contribution in [2.75, 3.05) is 5.32 Å². The van der Waals surface area contributed by atoms with Gasteiger partial charge >= 0.3 is 6.03 Å². The Morgan fingerprint density at radius 2 is 1.85 bits per heavy atom. The Bertz CT molecular complexity index is 593. The molecule has 5 nitrogen and oxygen atoms in total. The Hall–Kier alpha value is -2.30. The number of rotatable bonds is 2. The summed E-state index contributed by atoms with van der Waals surface area (Å²) in [6, 6.07) is 7.41. The standard InChI is InChI=1S/C15H20N4O/c1-10-13(17-9-16-10)11-5-7-12(8-6-11)18-14(20)19-15(2,3)4/h5-9H,1-4H3,(H,16,17)(H2,18,19,20). The zero-order chi connectivity index (χ0) is 14.8. The zero-order valence-corrected chi connectivity index (χ0v) is 12.2. The maximum atomic E-state index is 11.8. The van der Waals surface area contributed by atoms with Gasteiger partial charge in [0.1, 0.15) is 0 Å². The van der Waals surface area contributed by atoms with Crippen molar-refractivity contribution < 1.29 is 4.79 Å². The van der Waals surface area contributed by atoms with E-state index in [2.05, 4.69) is 20.6 Å². The van der Waals surface area contributed by atoms with Crippen molar-refractivity contribution in [2.45, 2.75) is 33.2 Å². The molecule has 1 heterocycles. The van der Waals surface area contributed by atoms with E-state index in [-0.39, 0.29) is 11.6 Å². The number of benzene rings is 1. The number of H-pyrrole nitrogens is 1. The molecule has 0 unspecified atom stereocenters. The first kappa shape index (κ1) is 14.1. The van der Waals surface area contributed by atoms with Crippen molar-refractivity contribution in [2.24, 2.45) is 0 Å². The van der Waals surface area contributed by atoms with Crippen LogP contribution < -0.4 is 10.6 Å². The number of anilines is 1. The van der Waals surface area contributed by atoms with E-state index in [0.717, 1.165) is 22.6 Å². The van der Waals surface area contributed by atoms with Gasteiger partial charge < -0.3 is 15.6 Å². The molecule has 2 rings (SSSR count). The molecular weight excluding hydrogens is 252 g/mol. The third kappa shape index (κ3) is 3.60. The quantitative estimate of drug-likeness (QED) is 0.785. The fraction of sp³-hybridized carbons (Fsp3) is 0.333. The SMILES string of the molecule is Cc1[nH]cnc1-c1ccc(NC(=O)NC(C)(C)C)cc1. The van der Waals surface area contributed by atoms with Crippen LogP contribution in [-0.2, 0) is 0 Å². The highest BCUT2D eigenvalue weighted by Crippen LogP contribution is 2.21. The highest BCUT2D eigenvalue weighted by atomic mass is 16.2. The van der Waals surface area contributed by atoms with Crippen LogP contribution in [-0.4, -0.2) is 21.5 Å². The lowest BCUT2D eigenvalue weighted by Crippen LogP contribution is -2.43. The van der Waals surface area contributed by atoms with Gasteiger partial charge in [-0.3, -0.25) is 0 Å². The Morgan fingerprint density at radius 3 is 2.35 bits per heavy atom. The van der Waals surface area contributed by atoms with Crippen LogP contribution in [0.4, 0.5) is 10.5 Å². The summed E-state index contributed by atoms with van der Waals surface area (Å²) in [6.45, 7) is 7.80. The molecule has 0 atom stereocenters. The van der Waals surface area contributed by atoms with Gasteiger partial charge in [0.05, 0.1) is 12.0 Å². The van der Waals surface area contributed by atoms with Crippen LogP contribution in [0.3, 0.4) is 0 Å². The number of urea groups is 1. The Labute approximate surface area is 118 Å². The summed E-state index contributed by atoms with van der Waals surface area (Å²) in [7, 11) is 0. The van der Waals surface area contributed by atoms with Gasteiger partial charge in [0.15, 0.2) is 0 Å². The van der Waals surface area contributed by atoms with Crippen LogP contribution >= 0.6 is 0 Å². The molecule has 0 bridgehead atoms. The maximum Gasteiger partial charge on any atom is 0.319 e. The second-order valence-electron chi connectivity index (χ2n) is 5.78. The molecule has 0 aliphatic carbocycles. The second-order valence-corrected chi connectivity index (χ2v) is 5.78. The number of hydrogen-bond acceptors (Lipinski definition) is 2. The van der Waals surface area contributed by atoms with E-state index in [1.165, 1.54) is 0 Å². The summed E-state index contributed by atoms with van der Waals surface area (Å²) in [6.07, 6.45) is 1.67. The minimum absolute atomic E-state index is 0.207. The number of aryl methyl sites for hydroxylation is 1. The predicted octanol–water partition coefficient (Wildman–Crippen LogP) is 3.31. The minimum atomic E-state index is -0.254. The summed E-state index contributed by atoms with van der Waals surface area (Å²) < 4.78 is 0. The maximum absolute atomic E-state index is 11.8. The van der Waals surface area contributed by atoms with Crippen molar-refractivity contribution in [3.05, 3.63) is 36.3 Å². The van der Waals surface area contributed by atoms with Gasteiger partial charge in [0, 0.05) is 22.5 Å². The van der Waals surface area contributed by atoms with Gasteiger partial charge in [-0.05, 0) is 39.8 Å². The molecule has 0 aliphatic heterocycles. The highest BCUT2D eigenvalue weighted by Gasteiger charge is 2.13. The lowest BCUT2D eigenvalue weighted by molar-refractivity contribution is 0.244. The molecule has 1 aromatic heterocycles. The van der Waals surface area contributed by atoms with Crippen molar-refractivity contribution in [1.82, 2.24) is 15.3 Å². The first-order valence-corrected chi connectivity index (χ1v) is 6.55. The Kier molecular flexibility index (Phi) is 3.79. The molecule has 0 spiro atoms. The molecule has 106 valence electrons. The number of amides is 2. The molecule has 1 aromatic carbocycles. The summed E-state index contributed by atoms with van der Waals surface area (Å²) >= 11 is 0. The lowest BCUT2D eigenvalue weighted by Gasteiger charge is -2.20. The number of hydrogen-bond donors (Lipinski definition) is 3. The molecule has 20 heavy (non-hydrogen) atoms. The number of aromatic nitrogens is 2. The van der Waals surface area contributed by atoms with Crippen molar-refractivity contribution in [3.63, 3.8) is 0 Å². The normalized spacial score (nSPS) is 11.2. The van der Waals surface area contributed by atoms with E-state index in [1.54, 1.807) is 6.33 Å². The fourth-order valence-electron chi connectivity index (χ4n) is 1.86. The van der Waals surface area contributed by atoms with Gasteiger partial charge in [-0.15, -0.1) is 0 Å². The fourth-order valence-corrected chi connectivity index (χ4v) is 1.86. The van der Waals surface area contributed by atoms with E-state index < -0.39 is 0 Å². The first-order valence-electron chi connectivity index (χ1n) is 6.55. The first-order chi connectivity index (χ1) is 9.35. The van der Waals surface area contributed by atoms with Crippen LogP contribution in [0.1, 0.15) is 26.5 Å². The lowest BCUT2D eigenvalue weighted by atomic mass is 10.1. The number of nitrogens with one attached hydrogen (secondary N) is 3. The van der Waals surface area contributed by atoms with Crippen LogP contribution in [0.5, 0.6) is 0 Å². The average Bonchev–Trinajstić information content (AvgIpc) is 2.74. The predicted molar refractivity (Wildman–Crippen MR) is 80.7 cm³/mol. The molecular formula is C15H20N4O. The zero-order valence-electron chi connectivity index (χ0n) is 12.2. The van der Waals surface area contributed by atoms with E-state index in [1.807, 2.05) is 52.0 Å². The molecule has 2 amide bonds. The number of carbonyl (C=O) groups is 1. The smallest absolute Gasteiger partial charge is 0.319 e. The molecule has 0 aliphatic rings. The largest absolute Gasteiger partial charge is 0.348 e. The monoisotopic (exact) mass is 272 g/mol. The molecule has 0 saturated heterocycles. The van der Waals surface area contributed by atoms with Gasteiger partial charge in [-0.25, -0.2) is 9.78 Å². The average molecular weight is 272 g/mol. The Morgan fingerprint density at radius 1 is 1.20 bits per heavy atom. The minimum Gasteiger partial charge on any atom is -0.348 e. The van der Waals surface area contributed by atoms with E-state index in [9.17, 15) is 4.79 Å². The summed E-state index contributed by atoms with van der Waals surface area (Å²) in [5.41, 5.74) is 3.47. The van der Waals surface area contributed by atoms with Crippen LogP contribution in [0.25, 0.3) is 11.3 Å². The topological polar surface area (TPSA) is 69.8 Å². The molecule has 5 heteroatoms. The van der Waals surface area contributed by atoms with E-state index in [4.69, 9.17) is 0 Å². The van der Waals surface area contributed by atoms with E-state index in [0.29, 0.717) is 0 Å². The molecule has 0 saturated carbocycles. The van der Waals surface area contributed by atoms with Crippen LogP contribution in [0.15, 0.2) is 30.6 Å². The Balaban J connectivity index is 2.06. The summed E-state index contributed by atoms with van der Waals surface area (Å²) in [4.78, 5) is 19.1. The molecule has 2 aromatic rings. The van der Waals surface area contributed by atoms with Gasteiger partial charge in [0.25, 0.3) is 0 Å². The van der Waals surface area contributed by atoms with Crippen LogP contribution in [0, 0.1) is 6.92 Å². The van der Waals surface area contributed by atoms with E-state index >= 15 is 0 Å². The van der Waals surface area contributed by atoms with Crippen molar-refractivity contribution >= 4 is 11.7 Å². The number of carbonyl (C=O) groups excluding carboxylic acids is 1. The van der Waals surface area contributed by atoms with Gasteiger partial charge in [-0.2, -0.15) is 0 Å².